The minimum absolute atomic E-state index is 0.403. The molecule has 2 aromatic rings. The van der Waals surface area contributed by atoms with Crippen molar-refractivity contribution in [2.75, 3.05) is 13.7 Å². The molecular weight excluding hydrogens is 378 g/mol. The maximum atomic E-state index is 10.2. The zero-order valence-electron chi connectivity index (χ0n) is 17.5. The molecule has 0 spiro atoms. The Morgan fingerprint density at radius 3 is 2.43 bits per heavy atom. The molecule has 4 rings (SSSR count). The van der Waals surface area contributed by atoms with Crippen LogP contribution in [0.3, 0.4) is 0 Å². The van der Waals surface area contributed by atoms with Crippen molar-refractivity contribution in [3.05, 3.63) is 76.9 Å². The third-order valence-corrected chi connectivity index (χ3v) is 5.82. The Kier molecular flexibility index (Phi) is 8.05. The lowest BCUT2D eigenvalue weighted by molar-refractivity contribution is -0.146. The summed E-state index contributed by atoms with van der Waals surface area (Å²) in [5.74, 6) is -0.283. The second-order valence-corrected chi connectivity index (χ2v) is 7.80. The van der Waals surface area contributed by atoms with Gasteiger partial charge in [-0.1, -0.05) is 53.6 Å². The van der Waals surface area contributed by atoms with Crippen LogP contribution in [0.5, 0.6) is 5.75 Å². The van der Waals surface area contributed by atoms with E-state index >= 15 is 0 Å². The van der Waals surface area contributed by atoms with Crippen LogP contribution in [0.4, 0.5) is 0 Å². The molecule has 0 bridgehead atoms. The lowest BCUT2D eigenvalue weighted by atomic mass is 9.81. The van der Waals surface area contributed by atoms with Gasteiger partial charge in [0.2, 0.25) is 0 Å². The minimum Gasteiger partial charge on any atom is -0.497 e. The van der Waals surface area contributed by atoms with E-state index in [0.717, 1.165) is 18.7 Å². The molecule has 5 heteroatoms. The van der Waals surface area contributed by atoms with Gasteiger partial charge in [0.15, 0.2) is 6.10 Å². The zero-order valence-corrected chi connectivity index (χ0v) is 17.5. The van der Waals surface area contributed by atoms with Gasteiger partial charge in [-0.3, -0.25) is 0 Å². The average molecular weight is 410 g/mol. The van der Waals surface area contributed by atoms with E-state index in [0.29, 0.717) is 11.6 Å². The highest BCUT2D eigenvalue weighted by Crippen LogP contribution is 2.32. The van der Waals surface area contributed by atoms with Gasteiger partial charge in [0, 0.05) is 6.04 Å². The molecule has 0 saturated carbocycles. The summed E-state index contributed by atoms with van der Waals surface area (Å²) in [5, 5.41) is 21.1. The quantitative estimate of drug-likeness (QED) is 0.643. The Balaban J connectivity index is 0.000000199. The van der Waals surface area contributed by atoms with Crippen LogP contribution in [0.15, 0.2) is 65.7 Å². The van der Waals surface area contributed by atoms with Crippen LogP contribution in [-0.4, -0.2) is 35.9 Å². The molecule has 2 atom stereocenters. The molecular formula is C25H31NO4. The number of carboxylic acid groups (broad SMARTS) is 1. The largest absolute Gasteiger partial charge is 0.497 e. The zero-order chi connectivity index (χ0) is 21.3. The molecule has 1 aliphatic carbocycles. The number of nitrogens with one attached hydrogen (secondary N) is 1. The standard InChI is InChI=1S/C17H23NO.C8H8O3/c1-19-15-8-6-13(7-9-15)12-17-16-5-3-2-4-14(16)10-11-18-17;9-7(8(10)11)6-4-2-1-3-5-6/h6-9,17-18H,2-5,10-12H2,1H3;1-5,7,9H,(H,10,11)/t17-;7-/m10/s1. The number of methoxy groups -OCH3 is 1. The van der Waals surface area contributed by atoms with E-state index in [-0.39, 0.29) is 0 Å². The SMILES string of the molecule is COc1ccc(C[C@H]2NCCC3=C2CCCC3)cc1.O=C(O)[C@@H](O)c1ccccc1. The first-order chi connectivity index (χ1) is 14.6. The third kappa shape index (κ3) is 5.94. The van der Waals surface area contributed by atoms with Crippen LogP contribution in [0.2, 0.25) is 0 Å². The lowest BCUT2D eigenvalue weighted by Gasteiger charge is -2.33. The van der Waals surface area contributed by atoms with Crippen molar-refractivity contribution in [3.8, 4) is 5.75 Å². The number of rotatable bonds is 5. The summed E-state index contributed by atoms with van der Waals surface area (Å²) in [6.07, 6.45) is 6.40. The molecule has 0 fully saturated rings. The van der Waals surface area contributed by atoms with E-state index < -0.39 is 12.1 Å². The maximum absolute atomic E-state index is 10.2. The number of carboxylic acids is 1. The number of aliphatic hydroxyl groups excluding tert-OH is 1. The molecule has 0 radical (unpaired) electrons. The Labute approximate surface area is 178 Å². The van der Waals surface area contributed by atoms with Crippen LogP contribution < -0.4 is 10.1 Å². The highest BCUT2D eigenvalue weighted by molar-refractivity contribution is 5.73. The first-order valence-corrected chi connectivity index (χ1v) is 10.6. The van der Waals surface area contributed by atoms with Crippen LogP contribution in [-0.2, 0) is 11.2 Å². The summed E-state index contributed by atoms with van der Waals surface area (Å²) in [7, 11) is 1.72. The number of aliphatic carboxylic acids is 1. The molecule has 0 saturated heterocycles. The average Bonchev–Trinajstić information content (AvgIpc) is 2.80. The van der Waals surface area contributed by atoms with E-state index in [1.165, 1.54) is 37.7 Å². The molecule has 2 aliphatic rings. The molecule has 0 aromatic heterocycles. The lowest BCUT2D eigenvalue weighted by Crippen LogP contribution is -2.39. The summed E-state index contributed by atoms with van der Waals surface area (Å²) in [4.78, 5) is 10.2. The van der Waals surface area contributed by atoms with E-state index in [2.05, 4.69) is 29.6 Å². The topological polar surface area (TPSA) is 78.8 Å². The van der Waals surface area contributed by atoms with Crippen molar-refractivity contribution in [3.63, 3.8) is 0 Å². The Morgan fingerprint density at radius 1 is 1.07 bits per heavy atom. The summed E-state index contributed by atoms with van der Waals surface area (Å²) in [6.45, 7) is 1.15. The molecule has 30 heavy (non-hydrogen) atoms. The third-order valence-electron chi connectivity index (χ3n) is 5.82. The predicted molar refractivity (Wildman–Crippen MR) is 118 cm³/mol. The smallest absolute Gasteiger partial charge is 0.337 e. The van der Waals surface area contributed by atoms with Crippen molar-refractivity contribution in [1.82, 2.24) is 5.32 Å². The summed E-state index contributed by atoms with van der Waals surface area (Å²) < 4.78 is 5.22. The van der Waals surface area contributed by atoms with Gasteiger partial charge in [-0.2, -0.15) is 0 Å². The van der Waals surface area contributed by atoms with Crippen molar-refractivity contribution in [2.45, 2.75) is 50.7 Å². The molecule has 0 amide bonds. The van der Waals surface area contributed by atoms with Gasteiger partial charge in [0.25, 0.3) is 0 Å². The van der Waals surface area contributed by atoms with Crippen molar-refractivity contribution in [1.29, 1.82) is 0 Å². The van der Waals surface area contributed by atoms with Crippen molar-refractivity contribution in [2.24, 2.45) is 0 Å². The fourth-order valence-corrected chi connectivity index (χ4v) is 4.19. The highest BCUT2D eigenvalue weighted by Gasteiger charge is 2.24. The summed E-state index contributed by atoms with van der Waals surface area (Å²) in [5.41, 5.74) is 5.27. The Hall–Kier alpha value is -2.63. The number of ether oxygens (including phenoxy) is 1. The number of carbonyl (C=O) groups is 1. The van der Waals surface area contributed by atoms with E-state index in [1.54, 1.807) is 48.6 Å². The number of aliphatic hydroxyl groups is 1. The maximum Gasteiger partial charge on any atom is 0.337 e. The van der Waals surface area contributed by atoms with Gasteiger partial charge in [-0.15, -0.1) is 0 Å². The van der Waals surface area contributed by atoms with E-state index in [4.69, 9.17) is 14.9 Å². The van der Waals surface area contributed by atoms with Gasteiger partial charge in [0.1, 0.15) is 5.75 Å². The normalized spacial score (nSPS) is 19.2. The fourth-order valence-electron chi connectivity index (χ4n) is 4.19. The second kappa shape index (κ2) is 11.0. The molecule has 1 aliphatic heterocycles. The monoisotopic (exact) mass is 409 g/mol. The van der Waals surface area contributed by atoms with Gasteiger partial charge in [-0.05, 0) is 68.3 Å². The van der Waals surface area contributed by atoms with Gasteiger partial charge in [0.05, 0.1) is 7.11 Å². The van der Waals surface area contributed by atoms with Crippen LogP contribution >= 0.6 is 0 Å². The van der Waals surface area contributed by atoms with E-state index in [1.807, 2.05) is 0 Å². The molecule has 160 valence electrons. The Bertz CT molecular complexity index is 841. The molecule has 3 N–H and O–H groups in total. The first kappa shape index (κ1) is 22.1. The number of hydrogen-bond acceptors (Lipinski definition) is 4. The number of benzene rings is 2. The van der Waals surface area contributed by atoms with Crippen molar-refractivity contribution < 1.29 is 19.7 Å². The van der Waals surface area contributed by atoms with E-state index in [9.17, 15) is 4.79 Å². The second-order valence-electron chi connectivity index (χ2n) is 7.80. The summed E-state index contributed by atoms with van der Waals surface area (Å²) >= 11 is 0. The highest BCUT2D eigenvalue weighted by atomic mass is 16.5. The van der Waals surface area contributed by atoms with Crippen LogP contribution in [0.25, 0.3) is 0 Å². The fraction of sp³-hybridized carbons (Fsp3) is 0.400. The van der Waals surface area contributed by atoms with Crippen molar-refractivity contribution >= 4 is 5.97 Å². The van der Waals surface area contributed by atoms with Gasteiger partial charge < -0.3 is 20.3 Å². The van der Waals surface area contributed by atoms with Gasteiger partial charge in [-0.25, -0.2) is 4.79 Å². The van der Waals surface area contributed by atoms with Gasteiger partial charge >= 0.3 is 5.97 Å². The van der Waals surface area contributed by atoms with Crippen LogP contribution in [0, 0.1) is 0 Å². The molecule has 1 heterocycles. The van der Waals surface area contributed by atoms with Crippen LogP contribution in [0.1, 0.15) is 49.3 Å². The number of hydrogen-bond donors (Lipinski definition) is 3. The predicted octanol–water partition coefficient (Wildman–Crippen LogP) is 4.27. The minimum atomic E-state index is -1.41. The summed E-state index contributed by atoms with van der Waals surface area (Å²) in [6, 6.07) is 17.3. The molecule has 2 aromatic carbocycles. The Morgan fingerprint density at radius 2 is 1.77 bits per heavy atom. The molecule has 0 unspecified atom stereocenters. The molecule has 5 nitrogen and oxygen atoms in total. The first-order valence-electron chi connectivity index (χ1n) is 10.6.